The van der Waals surface area contributed by atoms with Gasteiger partial charge in [0.1, 0.15) is 36.3 Å². The molecule has 2 aromatic heterocycles. The van der Waals surface area contributed by atoms with Crippen molar-refractivity contribution >= 4 is 161 Å². The van der Waals surface area contributed by atoms with Crippen molar-refractivity contribution in [3.63, 3.8) is 0 Å². The first-order valence-electron chi connectivity index (χ1n) is 37.8. The van der Waals surface area contributed by atoms with Crippen molar-refractivity contribution in [1.82, 2.24) is 62.7 Å². The summed E-state index contributed by atoms with van der Waals surface area (Å²) in [7, 11) is 1.53. The quantitative estimate of drug-likeness (QED) is 0.0113. The van der Waals surface area contributed by atoms with E-state index >= 15 is 14.4 Å². The van der Waals surface area contributed by atoms with Gasteiger partial charge in [-0.15, -0.1) is 35.3 Å². The van der Waals surface area contributed by atoms with Crippen LogP contribution in [0.15, 0.2) is 97.1 Å². The van der Waals surface area contributed by atoms with Gasteiger partial charge < -0.3 is 90.3 Å². The molecule has 1 aliphatic heterocycles. The molecule has 11 amide bonds. The van der Waals surface area contributed by atoms with Crippen LogP contribution in [0.3, 0.4) is 0 Å². The van der Waals surface area contributed by atoms with E-state index in [4.69, 9.17) is 36.6 Å². The number of methoxy groups -OCH3 is 1. The number of nitrogens with one attached hydrogen (secondary N) is 11. The minimum atomic E-state index is -1.66. The summed E-state index contributed by atoms with van der Waals surface area (Å²) in [6, 6.07) is 20.9. The number of benzene rings is 4. The number of para-hydroxylation sites is 4. The van der Waals surface area contributed by atoms with E-state index in [-0.39, 0.29) is 119 Å². The number of hydrogen-bond donors (Lipinski definition) is 15. The molecule has 0 bridgehead atoms. The largest absolute Gasteiger partial charge is 0.480 e. The van der Waals surface area contributed by atoms with Gasteiger partial charge in [-0.2, -0.15) is 0 Å². The first kappa shape index (κ1) is 89.7. The van der Waals surface area contributed by atoms with Crippen LogP contribution in [0.25, 0.3) is 43.6 Å². The fourth-order valence-corrected chi connectivity index (χ4v) is 15.2. The summed E-state index contributed by atoms with van der Waals surface area (Å²) in [5.41, 5.74) is 22.8. The third kappa shape index (κ3) is 29.2. The number of amides is 11. The van der Waals surface area contributed by atoms with E-state index < -0.39 is 112 Å². The monoisotopic (exact) mass is 1610 g/mol. The van der Waals surface area contributed by atoms with E-state index in [9.17, 15) is 48.3 Å². The van der Waals surface area contributed by atoms with Crippen LogP contribution in [0.2, 0.25) is 0 Å². The smallest absolute Gasteiger partial charge is 0.327 e. The number of nitrogens with two attached hydrogens (primary N) is 3. The lowest BCUT2D eigenvalue weighted by molar-refractivity contribution is -0.142. The van der Waals surface area contributed by atoms with Crippen molar-refractivity contribution in [1.29, 1.82) is 0 Å². The molecule has 8 atom stereocenters. The van der Waals surface area contributed by atoms with Crippen molar-refractivity contribution in [3.8, 4) is 0 Å². The van der Waals surface area contributed by atoms with Crippen molar-refractivity contribution in [2.45, 2.75) is 151 Å². The number of unbranched alkanes of at least 4 members (excludes halogenated alkanes) is 4. The van der Waals surface area contributed by atoms with Crippen LogP contribution < -0.4 is 75.7 Å². The van der Waals surface area contributed by atoms with Gasteiger partial charge in [0.15, 0.2) is 0 Å². The van der Waals surface area contributed by atoms with Crippen LogP contribution in [-0.4, -0.2) is 234 Å². The number of aliphatic carboxylic acids is 1. The number of carboxylic acids is 1. The van der Waals surface area contributed by atoms with Gasteiger partial charge in [-0.1, -0.05) is 72.8 Å². The number of hydrogen-bond acceptors (Lipinski definition) is 24. The Balaban J connectivity index is 1.21. The molecular formula is C77H107N17O15S3. The van der Waals surface area contributed by atoms with E-state index in [0.29, 0.717) is 64.8 Å². The minimum Gasteiger partial charge on any atom is -0.480 e. The van der Waals surface area contributed by atoms with Crippen LogP contribution in [0.1, 0.15) is 104 Å². The highest BCUT2D eigenvalue weighted by atomic mass is 32.2. The van der Waals surface area contributed by atoms with Crippen molar-refractivity contribution < 1.29 is 72.1 Å². The Morgan fingerprint density at radius 2 is 0.902 bits per heavy atom. The molecular weight excluding hydrogens is 1500 g/mol. The van der Waals surface area contributed by atoms with E-state index in [1.165, 1.54) is 32.7 Å². The maximum atomic E-state index is 15.6. The molecule has 3 heterocycles. The van der Waals surface area contributed by atoms with Gasteiger partial charge in [0.2, 0.25) is 65.0 Å². The second kappa shape index (κ2) is 48.4. The minimum absolute atomic E-state index is 0.0158. The summed E-state index contributed by atoms with van der Waals surface area (Å²) >= 11 is 3.10. The number of thioether (sulfide) groups is 3. The third-order valence-corrected chi connectivity index (χ3v) is 21.4. The van der Waals surface area contributed by atoms with Crippen LogP contribution in [0.5, 0.6) is 0 Å². The highest BCUT2D eigenvalue weighted by Crippen LogP contribution is 2.33. The van der Waals surface area contributed by atoms with Gasteiger partial charge in [-0.3, -0.25) is 57.6 Å². The lowest BCUT2D eigenvalue weighted by Crippen LogP contribution is -2.60. The number of carbonyl (C=O) groups is 12. The molecule has 0 saturated carbocycles. The Labute approximate surface area is 663 Å². The molecule has 0 aliphatic carbocycles. The first-order chi connectivity index (χ1) is 54.1. The number of carbonyl (C=O) groups excluding carboxylic acids is 11. The van der Waals surface area contributed by atoms with Gasteiger partial charge in [0.05, 0.1) is 76.3 Å². The van der Waals surface area contributed by atoms with E-state index in [0.717, 1.165) is 83.4 Å². The zero-order chi connectivity index (χ0) is 80.7. The molecule has 7 rings (SSSR count). The molecule has 35 heteroatoms. The summed E-state index contributed by atoms with van der Waals surface area (Å²) in [5, 5.41) is 44.2. The predicted molar refractivity (Wildman–Crippen MR) is 436 cm³/mol. The van der Waals surface area contributed by atoms with E-state index in [1.54, 1.807) is 0 Å². The van der Waals surface area contributed by atoms with E-state index in [1.807, 2.05) is 97.1 Å². The Morgan fingerprint density at radius 3 is 1.33 bits per heavy atom. The molecule has 608 valence electrons. The SMILES string of the molecule is COCCOCCNC(=O)CCN1C(=O)CC(SCC(NC(=O)C(CCCCNc2c3ccccc3nc3ccccc23)NC(=O)C(CCCCN)NC(=O)C(N)CSCNC(C)=O)C(=O)NC(CCCCNc2c3ccccc3nc3ccccc23)C(=O)NC(CCCCN)C(=O)NC(CSCNC(C)=O)C(=O)O)C1=O. The number of ether oxygens (including phenoxy) is 2. The summed E-state index contributed by atoms with van der Waals surface area (Å²) < 4.78 is 10.4. The summed E-state index contributed by atoms with van der Waals surface area (Å²) in [6.45, 7) is 4.62. The lowest BCUT2D eigenvalue weighted by Gasteiger charge is -2.28. The second-order valence-corrected chi connectivity index (χ2v) is 30.2. The number of aromatic nitrogens is 2. The fourth-order valence-electron chi connectivity index (χ4n) is 12.3. The van der Waals surface area contributed by atoms with Crippen molar-refractivity contribution in [2.24, 2.45) is 17.2 Å². The zero-order valence-corrected chi connectivity index (χ0v) is 66.1. The number of imide groups is 1. The number of carboxylic acid groups (broad SMARTS) is 1. The highest BCUT2D eigenvalue weighted by Gasteiger charge is 2.41. The number of pyridine rings is 2. The van der Waals surface area contributed by atoms with Crippen molar-refractivity contribution in [2.75, 3.05) is 106 Å². The number of nitrogens with zero attached hydrogens (tertiary/aromatic N) is 3. The molecule has 1 saturated heterocycles. The molecule has 1 fully saturated rings. The number of fused-ring (bicyclic) bond motifs is 4. The predicted octanol–water partition coefficient (Wildman–Crippen LogP) is 3.22. The summed E-state index contributed by atoms with van der Waals surface area (Å²) in [5.74, 6) is -9.04. The molecule has 18 N–H and O–H groups in total. The number of likely N-dealkylation sites (tertiary alicyclic amines) is 1. The van der Waals surface area contributed by atoms with Gasteiger partial charge in [-0.25, -0.2) is 14.8 Å². The van der Waals surface area contributed by atoms with Crippen LogP contribution >= 0.6 is 35.3 Å². The first-order valence-corrected chi connectivity index (χ1v) is 41.1. The average Bonchev–Trinajstić information content (AvgIpc) is 1.04. The molecule has 32 nitrogen and oxygen atoms in total. The van der Waals surface area contributed by atoms with Gasteiger partial charge >= 0.3 is 5.97 Å². The standard InChI is InChI=1S/C77H107N17O15S3/c1-48(95)84-46-110-43-54(80)70(99)88-59(28-12-16-33-78)71(100)90-62(31-15-19-36-83-69-52-22-6-10-26-57(52)87-58-27-11-7-23-53(58)69)73(102)92-63(45-112-65-42-67(98)94(76(65)105)38-32-66(97)81-37-39-109-41-40-108-3)75(104)91-61(30-14-18-35-82-68-50-20-4-8-24-55(50)86-56-25-9-5-21-51(56)68)72(101)89-60(29-13-17-34-79)74(103)93-64(77(106)107)44-111-47-85-49(2)96/h4-11,20-27,54,59-65H,12-19,28-47,78-80H2,1-3H3,(H,81,97)(H,82,86)(H,83,87)(H,84,95)(H,85,96)(H,88,99)(H,89,101)(H,90,100)(H,91,104)(H,92,102)(H,93,103)(H,106,107). The second-order valence-electron chi connectivity index (χ2n) is 26.9. The van der Waals surface area contributed by atoms with Gasteiger partial charge in [0, 0.05) is 98.8 Å². The molecule has 0 spiro atoms. The Morgan fingerprint density at radius 1 is 0.500 bits per heavy atom. The summed E-state index contributed by atoms with van der Waals surface area (Å²) in [6.07, 6.45) is 2.26. The highest BCUT2D eigenvalue weighted by molar-refractivity contribution is 8.00. The van der Waals surface area contributed by atoms with Crippen LogP contribution in [0, 0.1) is 0 Å². The Kier molecular flexibility index (Phi) is 38.8. The topological polar surface area (TPSA) is 483 Å². The molecule has 112 heavy (non-hydrogen) atoms. The average molecular weight is 1610 g/mol. The molecule has 0 radical (unpaired) electrons. The van der Waals surface area contributed by atoms with Crippen LogP contribution in [-0.2, 0) is 67.0 Å². The maximum Gasteiger partial charge on any atom is 0.327 e. The van der Waals surface area contributed by atoms with Crippen molar-refractivity contribution in [3.05, 3.63) is 97.1 Å². The van der Waals surface area contributed by atoms with Gasteiger partial charge in [-0.05, 0) is 114 Å². The number of rotatable bonds is 53. The molecule has 8 unspecified atom stereocenters. The zero-order valence-electron chi connectivity index (χ0n) is 63.6. The normalized spacial score (nSPS) is 14.6. The van der Waals surface area contributed by atoms with Gasteiger partial charge in [0.25, 0.3) is 0 Å². The fraction of sp³-hybridized carbons (Fsp3) is 0.506. The summed E-state index contributed by atoms with van der Waals surface area (Å²) in [4.78, 5) is 177. The van der Waals surface area contributed by atoms with E-state index in [2.05, 4.69) is 58.5 Å². The molecule has 1 aliphatic rings. The molecule has 4 aromatic carbocycles. The lowest BCUT2D eigenvalue weighted by atomic mass is 10.0. The number of anilines is 2. The van der Waals surface area contributed by atoms with Crippen LogP contribution in [0.4, 0.5) is 11.4 Å². The maximum absolute atomic E-state index is 15.6. The Bertz CT molecular complexity index is 4060. The molecule has 6 aromatic rings. The Hall–Kier alpha value is -9.49. The third-order valence-electron chi connectivity index (χ3n) is 18.3.